The van der Waals surface area contributed by atoms with Gasteiger partial charge in [-0.2, -0.15) is 0 Å². The number of carbonyl (C=O) groups is 1. The molecule has 0 spiro atoms. The van der Waals surface area contributed by atoms with Crippen LogP contribution in [0.3, 0.4) is 0 Å². The van der Waals surface area contributed by atoms with Crippen LogP contribution in [0.15, 0.2) is 16.1 Å². The first-order valence-electron chi connectivity index (χ1n) is 6.99. The fraction of sp³-hybridized carbons (Fsp3) is 0.500. The Hall–Kier alpha value is -1.89. The molecular formula is C14H18N4O2S. The number of carbonyl (C=O) groups excluding carboxylic acids is 1. The van der Waals surface area contributed by atoms with Gasteiger partial charge in [-0.05, 0) is 13.8 Å². The number of anilines is 1. The molecule has 6 nitrogen and oxygen atoms in total. The van der Waals surface area contributed by atoms with E-state index in [0.29, 0.717) is 6.42 Å². The van der Waals surface area contributed by atoms with Crippen molar-refractivity contribution in [2.45, 2.75) is 20.3 Å². The molecule has 0 aliphatic carbocycles. The van der Waals surface area contributed by atoms with Crippen LogP contribution in [0.2, 0.25) is 0 Å². The van der Waals surface area contributed by atoms with E-state index in [-0.39, 0.29) is 5.91 Å². The van der Waals surface area contributed by atoms with Crippen LogP contribution >= 0.6 is 11.3 Å². The Labute approximate surface area is 127 Å². The second-order valence-corrected chi connectivity index (χ2v) is 6.04. The van der Waals surface area contributed by atoms with Crippen LogP contribution in [0, 0.1) is 13.8 Å². The van der Waals surface area contributed by atoms with Crippen LogP contribution in [-0.2, 0) is 11.2 Å². The highest BCUT2D eigenvalue weighted by atomic mass is 32.1. The molecule has 0 atom stereocenters. The van der Waals surface area contributed by atoms with Gasteiger partial charge in [0.05, 0.1) is 12.1 Å². The summed E-state index contributed by atoms with van der Waals surface area (Å²) in [6.07, 6.45) is 2.19. The van der Waals surface area contributed by atoms with Gasteiger partial charge in [0.25, 0.3) is 0 Å². The number of aryl methyl sites for hydroxylation is 2. The lowest BCUT2D eigenvalue weighted by Gasteiger charge is -2.34. The zero-order valence-corrected chi connectivity index (χ0v) is 13.0. The molecule has 0 saturated carbocycles. The Kier molecular flexibility index (Phi) is 3.92. The minimum atomic E-state index is 0.142. The van der Waals surface area contributed by atoms with Crippen molar-refractivity contribution in [1.82, 2.24) is 15.0 Å². The standard InChI is InChI=1S/C14H18N4O2S/c1-10-12(11(2)20-16-10)9-13(19)17-4-6-18(7-5-17)14-15-3-8-21-14/h3,8H,4-7,9H2,1-2H3. The zero-order chi connectivity index (χ0) is 14.8. The van der Waals surface area contributed by atoms with Gasteiger partial charge in [-0.3, -0.25) is 4.79 Å². The highest BCUT2D eigenvalue weighted by Crippen LogP contribution is 2.20. The van der Waals surface area contributed by atoms with E-state index in [4.69, 9.17) is 4.52 Å². The van der Waals surface area contributed by atoms with Gasteiger partial charge < -0.3 is 14.3 Å². The van der Waals surface area contributed by atoms with Crippen LogP contribution in [0.25, 0.3) is 0 Å². The summed E-state index contributed by atoms with van der Waals surface area (Å²) >= 11 is 1.64. The molecule has 3 rings (SSSR count). The van der Waals surface area contributed by atoms with Crippen molar-refractivity contribution in [3.8, 4) is 0 Å². The number of piperazine rings is 1. The van der Waals surface area contributed by atoms with Crippen molar-refractivity contribution in [3.05, 3.63) is 28.6 Å². The number of rotatable bonds is 3. The van der Waals surface area contributed by atoms with Crippen molar-refractivity contribution in [2.24, 2.45) is 0 Å². The van der Waals surface area contributed by atoms with Crippen LogP contribution in [0.5, 0.6) is 0 Å². The quantitative estimate of drug-likeness (QED) is 0.862. The van der Waals surface area contributed by atoms with Gasteiger partial charge in [-0.1, -0.05) is 5.16 Å². The SMILES string of the molecule is Cc1noc(C)c1CC(=O)N1CCN(c2nccs2)CC1. The molecule has 0 N–H and O–H groups in total. The van der Waals surface area contributed by atoms with E-state index >= 15 is 0 Å². The Balaban J connectivity index is 1.58. The molecule has 1 amide bonds. The third-order valence-electron chi connectivity index (χ3n) is 3.83. The van der Waals surface area contributed by atoms with Crippen molar-refractivity contribution in [3.63, 3.8) is 0 Å². The van der Waals surface area contributed by atoms with Gasteiger partial charge in [-0.25, -0.2) is 4.98 Å². The Bertz CT molecular complexity index is 595. The highest BCUT2D eigenvalue weighted by Gasteiger charge is 2.24. The van der Waals surface area contributed by atoms with Crippen LogP contribution in [0.1, 0.15) is 17.0 Å². The maximum Gasteiger partial charge on any atom is 0.227 e. The lowest BCUT2D eigenvalue weighted by Crippen LogP contribution is -2.49. The number of amides is 1. The fourth-order valence-corrected chi connectivity index (χ4v) is 3.23. The van der Waals surface area contributed by atoms with Crippen LogP contribution in [0.4, 0.5) is 5.13 Å². The average Bonchev–Trinajstić information content (AvgIpc) is 3.13. The zero-order valence-electron chi connectivity index (χ0n) is 12.2. The number of nitrogens with zero attached hydrogens (tertiary/aromatic N) is 4. The van der Waals surface area contributed by atoms with E-state index in [1.807, 2.05) is 30.3 Å². The van der Waals surface area contributed by atoms with Crippen molar-refractivity contribution < 1.29 is 9.32 Å². The van der Waals surface area contributed by atoms with Gasteiger partial charge in [0.2, 0.25) is 5.91 Å². The summed E-state index contributed by atoms with van der Waals surface area (Å²) in [5, 5.41) is 6.91. The lowest BCUT2D eigenvalue weighted by molar-refractivity contribution is -0.130. The van der Waals surface area contributed by atoms with E-state index in [9.17, 15) is 4.79 Å². The summed E-state index contributed by atoms with van der Waals surface area (Å²) in [7, 11) is 0. The predicted octanol–water partition coefficient (Wildman–Crippen LogP) is 1.64. The van der Waals surface area contributed by atoms with Crippen LogP contribution in [-0.4, -0.2) is 47.1 Å². The summed E-state index contributed by atoms with van der Waals surface area (Å²) in [5.41, 5.74) is 1.73. The maximum absolute atomic E-state index is 12.4. The first kappa shape index (κ1) is 14.1. The predicted molar refractivity (Wildman–Crippen MR) is 80.6 cm³/mol. The summed E-state index contributed by atoms with van der Waals surface area (Å²) < 4.78 is 5.11. The molecule has 1 fully saturated rings. The summed E-state index contributed by atoms with van der Waals surface area (Å²) in [5.74, 6) is 0.880. The molecule has 21 heavy (non-hydrogen) atoms. The minimum Gasteiger partial charge on any atom is -0.361 e. The molecule has 1 aliphatic heterocycles. The molecule has 1 aliphatic rings. The molecule has 0 bridgehead atoms. The monoisotopic (exact) mass is 306 g/mol. The van der Waals surface area contributed by atoms with Gasteiger partial charge in [0, 0.05) is 43.3 Å². The smallest absolute Gasteiger partial charge is 0.227 e. The van der Waals surface area contributed by atoms with Gasteiger partial charge in [0.1, 0.15) is 5.76 Å². The second kappa shape index (κ2) is 5.85. The molecule has 0 aromatic carbocycles. The second-order valence-electron chi connectivity index (χ2n) is 5.16. The molecule has 2 aromatic rings. The molecule has 2 aromatic heterocycles. The van der Waals surface area contributed by atoms with Crippen molar-refractivity contribution in [2.75, 3.05) is 31.1 Å². The first-order chi connectivity index (χ1) is 10.1. The van der Waals surface area contributed by atoms with E-state index in [1.165, 1.54) is 0 Å². The molecule has 0 radical (unpaired) electrons. The van der Waals surface area contributed by atoms with Gasteiger partial charge in [0.15, 0.2) is 5.13 Å². The normalized spacial score (nSPS) is 15.5. The summed E-state index contributed by atoms with van der Waals surface area (Å²) in [6, 6.07) is 0. The maximum atomic E-state index is 12.4. The average molecular weight is 306 g/mol. The fourth-order valence-electron chi connectivity index (χ4n) is 2.54. The Morgan fingerprint density at radius 2 is 2.10 bits per heavy atom. The molecular weight excluding hydrogens is 288 g/mol. The molecule has 1 saturated heterocycles. The van der Waals surface area contributed by atoms with Crippen molar-refractivity contribution >= 4 is 22.4 Å². The van der Waals surface area contributed by atoms with E-state index in [1.54, 1.807) is 11.3 Å². The highest BCUT2D eigenvalue weighted by molar-refractivity contribution is 7.13. The van der Waals surface area contributed by atoms with Gasteiger partial charge >= 0.3 is 0 Å². The molecule has 112 valence electrons. The Morgan fingerprint density at radius 3 is 2.67 bits per heavy atom. The number of aromatic nitrogens is 2. The summed E-state index contributed by atoms with van der Waals surface area (Å²) in [4.78, 5) is 20.8. The molecule has 7 heteroatoms. The third kappa shape index (κ3) is 2.92. The lowest BCUT2D eigenvalue weighted by atomic mass is 10.1. The summed E-state index contributed by atoms with van der Waals surface area (Å²) in [6.45, 7) is 6.87. The number of hydrogen-bond acceptors (Lipinski definition) is 6. The number of hydrogen-bond donors (Lipinski definition) is 0. The van der Waals surface area contributed by atoms with E-state index in [2.05, 4.69) is 15.0 Å². The topological polar surface area (TPSA) is 62.5 Å². The third-order valence-corrected chi connectivity index (χ3v) is 4.66. The molecule has 3 heterocycles. The Morgan fingerprint density at radius 1 is 1.33 bits per heavy atom. The largest absolute Gasteiger partial charge is 0.361 e. The van der Waals surface area contributed by atoms with Crippen molar-refractivity contribution in [1.29, 1.82) is 0 Å². The number of thiazole rings is 1. The first-order valence-corrected chi connectivity index (χ1v) is 7.87. The minimum absolute atomic E-state index is 0.142. The van der Waals surface area contributed by atoms with Gasteiger partial charge in [-0.15, -0.1) is 11.3 Å². The van der Waals surface area contributed by atoms with E-state index < -0.39 is 0 Å². The molecule has 0 unspecified atom stereocenters. The van der Waals surface area contributed by atoms with E-state index in [0.717, 1.165) is 48.3 Å². The van der Waals surface area contributed by atoms with Crippen LogP contribution < -0.4 is 4.90 Å².